The van der Waals surface area contributed by atoms with Gasteiger partial charge in [-0.25, -0.2) is 0 Å². The predicted octanol–water partition coefficient (Wildman–Crippen LogP) is 5.00. The Morgan fingerprint density at radius 2 is 1.92 bits per heavy atom. The third-order valence-corrected chi connectivity index (χ3v) is 6.20. The Balaban J connectivity index is 1.64. The molecule has 3 heterocycles. The normalized spacial score (nSPS) is 17.2. The molecule has 120 valence electrons. The molecular weight excluding hydrogens is 334 g/mol. The number of hydrogen-bond donors (Lipinski definition) is 0. The Bertz CT molecular complexity index is 849. The number of rotatable bonds is 3. The second kappa shape index (κ2) is 6.75. The molecule has 0 fully saturated rings. The van der Waals surface area contributed by atoms with E-state index in [1.165, 1.54) is 15.3 Å². The molecule has 0 saturated carbocycles. The molecule has 0 bridgehead atoms. The van der Waals surface area contributed by atoms with Crippen LogP contribution in [0.3, 0.4) is 0 Å². The Labute approximate surface area is 149 Å². The van der Waals surface area contributed by atoms with Gasteiger partial charge in [-0.15, -0.1) is 22.7 Å². The van der Waals surface area contributed by atoms with Crippen molar-refractivity contribution in [1.82, 2.24) is 4.90 Å². The fourth-order valence-electron chi connectivity index (χ4n) is 3.13. The van der Waals surface area contributed by atoms with Gasteiger partial charge in [0.05, 0.1) is 6.04 Å². The van der Waals surface area contributed by atoms with Gasteiger partial charge in [-0.3, -0.25) is 4.79 Å². The minimum absolute atomic E-state index is 0.0490. The lowest BCUT2D eigenvalue weighted by Gasteiger charge is -2.34. The lowest BCUT2D eigenvalue weighted by Crippen LogP contribution is -2.38. The van der Waals surface area contributed by atoms with E-state index in [4.69, 9.17) is 0 Å². The van der Waals surface area contributed by atoms with Gasteiger partial charge in [-0.1, -0.05) is 36.4 Å². The second-order valence-electron chi connectivity index (χ2n) is 5.74. The van der Waals surface area contributed by atoms with Crippen LogP contribution in [0.5, 0.6) is 0 Å². The number of fused-ring (bicyclic) bond motifs is 1. The minimum atomic E-state index is 0.0490. The summed E-state index contributed by atoms with van der Waals surface area (Å²) in [6.07, 6.45) is 4.55. The van der Waals surface area contributed by atoms with Crippen LogP contribution in [0, 0.1) is 0 Å². The van der Waals surface area contributed by atoms with E-state index in [1.807, 2.05) is 41.3 Å². The third kappa shape index (κ3) is 2.95. The molecule has 0 aliphatic carbocycles. The number of benzene rings is 1. The molecule has 4 rings (SSSR count). The molecule has 0 spiro atoms. The number of carbonyl (C=O) groups is 1. The van der Waals surface area contributed by atoms with E-state index in [-0.39, 0.29) is 11.9 Å². The van der Waals surface area contributed by atoms with Crippen LogP contribution in [-0.4, -0.2) is 17.4 Å². The van der Waals surface area contributed by atoms with Gasteiger partial charge in [-0.05, 0) is 46.5 Å². The van der Waals surface area contributed by atoms with Crippen molar-refractivity contribution in [3.63, 3.8) is 0 Å². The zero-order valence-corrected chi connectivity index (χ0v) is 14.7. The monoisotopic (exact) mass is 351 g/mol. The summed E-state index contributed by atoms with van der Waals surface area (Å²) in [5, 5.41) is 4.22. The van der Waals surface area contributed by atoms with E-state index in [0.29, 0.717) is 0 Å². The van der Waals surface area contributed by atoms with Crippen LogP contribution < -0.4 is 0 Å². The zero-order valence-electron chi connectivity index (χ0n) is 13.1. The lowest BCUT2D eigenvalue weighted by molar-refractivity contribution is -0.127. The van der Waals surface area contributed by atoms with Gasteiger partial charge in [0.2, 0.25) is 5.91 Å². The van der Waals surface area contributed by atoms with Crippen molar-refractivity contribution in [3.8, 4) is 0 Å². The number of thiophene rings is 2. The summed E-state index contributed by atoms with van der Waals surface area (Å²) in [6, 6.07) is 16.4. The summed E-state index contributed by atoms with van der Waals surface area (Å²) in [6.45, 7) is 0.772. The van der Waals surface area contributed by atoms with E-state index in [9.17, 15) is 4.79 Å². The van der Waals surface area contributed by atoms with Gasteiger partial charge in [0.15, 0.2) is 0 Å². The van der Waals surface area contributed by atoms with Crippen LogP contribution in [-0.2, 0) is 11.2 Å². The molecule has 4 heteroatoms. The average molecular weight is 351 g/mol. The highest BCUT2D eigenvalue weighted by molar-refractivity contribution is 7.10. The van der Waals surface area contributed by atoms with Gasteiger partial charge in [0.1, 0.15) is 0 Å². The highest BCUT2D eigenvalue weighted by Gasteiger charge is 2.32. The Morgan fingerprint density at radius 1 is 1.04 bits per heavy atom. The van der Waals surface area contributed by atoms with Crippen LogP contribution >= 0.6 is 22.7 Å². The number of amides is 1. The van der Waals surface area contributed by atoms with Crippen molar-refractivity contribution in [2.24, 2.45) is 0 Å². The molecule has 0 N–H and O–H groups in total. The Kier molecular flexibility index (Phi) is 4.32. The topological polar surface area (TPSA) is 20.3 Å². The standard InChI is InChI=1S/C20H17NOS2/c22-19(9-8-15-5-2-1-3-6-15)21-12-10-17-16(11-14-24-17)20(21)18-7-4-13-23-18/h1-9,11,13-14,20H,10,12H2/b9-8+. The van der Waals surface area contributed by atoms with Gasteiger partial charge < -0.3 is 4.90 Å². The van der Waals surface area contributed by atoms with E-state index in [2.05, 4.69) is 29.0 Å². The summed E-state index contributed by atoms with van der Waals surface area (Å²) < 4.78 is 0. The molecule has 1 aliphatic heterocycles. The highest BCUT2D eigenvalue weighted by Crippen LogP contribution is 2.39. The van der Waals surface area contributed by atoms with Gasteiger partial charge in [0.25, 0.3) is 0 Å². The van der Waals surface area contributed by atoms with E-state index in [1.54, 1.807) is 28.7 Å². The van der Waals surface area contributed by atoms with Crippen LogP contribution in [0.4, 0.5) is 0 Å². The van der Waals surface area contributed by atoms with Crippen LogP contribution in [0.1, 0.15) is 26.9 Å². The van der Waals surface area contributed by atoms with Crippen molar-refractivity contribution >= 4 is 34.7 Å². The number of hydrogen-bond acceptors (Lipinski definition) is 3. The van der Waals surface area contributed by atoms with Gasteiger partial charge in [0, 0.05) is 22.4 Å². The number of carbonyl (C=O) groups excluding carboxylic acids is 1. The van der Waals surface area contributed by atoms with E-state index < -0.39 is 0 Å². The quantitative estimate of drug-likeness (QED) is 0.608. The van der Waals surface area contributed by atoms with Crippen LogP contribution in [0.2, 0.25) is 0 Å². The highest BCUT2D eigenvalue weighted by atomic mass is 32.1. The number of nitrogens with zero attached hydrogens (tertiary/aromatic N) is 1. The molecular formula is C20H17NOS2. The fraction of sp³-hybridized carbons (Fsp3) is 0.150. The first-order valence-electron chi connectivity index (χ1n) is 7.96. The van der Waals surface area contributed by atoms with Crippen molar-refractivity contribution in [3.05, 3.63) is 86.2 Å². The largest absolute Gasteiger partial charge is 0.327 e. The first kappa shape index (κ1) is 15.4. The zero-order chi connectivity index (χ0) is 16.4. The summed E-state index contributed by atoms with van der Waals surface area (Å²) in [5.74, 6) is 0.0779. The maximum absolute atomic E-state index is 12.9. The summed E-state index contributed by atoms with van der Waals surface area (Å²) in [5.41, 5.74) is 2.34. The minimum Gasteiger partial charge on any atom is -0.327 e. The van der Waals surface area contributed by atoms with Crippen molar-refractivity contribution in [2.75, 3.05) is 6.54 Å². The van der Waals surface area contributed by atoms with E-state index in [0.717, 1.165) is 18.5 Å². The molecule has 24 heavy (non-hydrogen) atoms. The fourth-order valence-corrected chi connectivity index (χ4v) is 4.89. The smallest absolute Gasteiger partial charge is 0.247 e. The van der Waals surface area contributed by atoms with Gasteiger partial charge in [-0.2, -0.15) is 0 Å². The lowest BCUT2D eigenvalue weighted by atomic mass is 9.98. The molecule has 3 aromatic rings. The Morgan fingerprint density at radius 3 is 2.71 bits per heavy atom. The molecule has 0 saturated heterocycles. The maximum Gasteiger partial charge on any atom is 0.247 e. The van der Waals surface area contributed by atoms with Crippen LogP contribution in [0.15, 0.2) is 65.4 Å². The van der Waals surface area contributed by atoms with Crippen LogP contribution in [0.25, 0.3) is 6.08 Å². The van der Waals surface area contributed by atoms with Crippen molar-refractivity contribution in [1.29, 1.82) is 0 Å². The average Bonchev–Trinajstić information content (AvgIpc) is 3.31. The summed E-state index contributed by atoms with van der Waals surface area (Å²) in [7, 11) is 0. The summed E-state index contributed by atoms with van der Waals surface area (Å²) >= 11 is 3.52. The molecule has 1 unspecified atom stereocenters. The molecule has 0 radical (unpaired) electrons. The molecule has 1 aliphatic rings. The SMILES string of the molecule is O=C(/C=C/c1ccccc1)N1CCc2sccc2C1c1cccs1. The van der Waals surface area contributed by atoms with Crippen molar-refractivity contribution < 1.29 is 4.79 Å². The Hall–Kier alpha value is -2.17. The third-order valence-electron chi connectivity index (χ3n) is 4.28. The first-order chi connectivity index (χ1) is 11.8. The van der Waals surface area contributed by atoms with Gasteiger partial charge >= 0.3 is 0 Å². The predicted molar refractivity (Wildman–Crippen MR) is 101 cm³/mol. The molecule has 2 aromatic heterocycles. The maximum atomic E-state index is 12.9. The summed E-state index contributed by atoms with van der Waals surface area (Å²) in [4.78, 5) is 17.5. The molecule has 2 nitrogen and oxygen atoms in total. The molecule has 1 amide bonds. The molecule has 1 aromatic carbocycles. The van der Waals surface area contributed by atoms with E-state index >= 15 is 0 Å². The molecule has 1 atom stereocenters. The first-order valence-corrected chi connectivity index (χ1v) is 9.72. The van der Waals surface area contributed by atoms with Crippen molar-refractivity contribution in [2.45, 2.75) is 12.5 Å². The second-order valence-corrected chi connectivity index (χ2v) is 7.72.